The van der Waals surface area contributed by atoms with Crippen molar-refractivity contribution in [3.63, 3.8) is 0 Å². The second-order valence-corrected chi connectivity index (χ2v) is 5.71. The van der Waals surface area contributed by atoms with Gasteiger partial charge in [-0.25, -0.2) is 0 Å². The highest BCUT2D eigenvalue weighted by molar-refractivity contribution is 9.10. The Morgan fingerprint density at radius 2 is 2.28 bits per heavy atom. The maximum atomic E-state index is 12.3. The molecule has 0 aromatic carbocycles. The number of carbonyl (C=O) groups is 1. The maximum Gasteiger partial charge on any atom is 0.258 e. The first-order valence-corrected chi connectivity index (χ1v) is 6.92. The number of halogens is 1. The molecule has 2 N–H and O–H groups in total. The van der Waals surface area contributed by atoms with Crippen molar-refractivity contribution in [1.82, 2.24) is 4.90 Å². The first-order chi connectivity index (χ1) is 8.41. The molecule has 0 radical (unpaired) electrons. The maximum absolute atomic E-state index is 12.3. The van der Waals surface area contributed by atoms with Crippen LogP contribution >= 0.6 is 28.1 Å². The van der Waals surface area contributed by atoms with Crippen LogP contribution in [-0.4, -0.2) is 28.9 Å². The van der Waals surface area contributed by atoms with E-state index in [1.54, 1.807) is 11.0 Å². The van der Waals surface area contributed by atoms with Gasteiger partial charge in [-0.15, -0.1) is 0 Å². The molecule has 0 atom stereocenters. The fourth-order valence-corrected chi connectivity index (χ4v) is 2.08. The lowest BCUT2D eigenvalue weighted by molar-refractivity contribution is 0.0739. The summed E-state index contributed by atoms with van der Waals surface area (Å²) in [6, 6.07) is 1.65. The quantitative estimate of drug-likeness (QED) is 0.814. The first-order valence-electron chi connectivity index (χ1n) is 5.72. The number of amides is 1. The highest BCUT2D eigenvalue weighted by Gasteiger charge is 2.20. The average molecular weight is 333 g/mol. The zero-order chi connectivity index (χ0) is 13.7. The molecule has 0 saturated heterocycles. The van der Waals surface area contributed by atoms with E-state index in [0.717, 1.165) is 0 Å². The molecule has 0 saturated carbocycles. The van der Waals surface area contributed by atoms with E-state index in [2.05, 4.69) is 29.8 Å². The van der Waals surface area contributed by atoms with Crippen LogP contribution in [-0.2, 0) is 0 Å². The van der Waals surface area contributed by atoms with Crippen molar-refractivity contribution in [2.24, 2.45) is 11.7 Å². The fourth-order valence-electron chi connectivity index (χ4n) is 1.58. The molecule has 1 heterocycles. The minimum absolute atomic E-state index is 0.0689. The van der Waals surface area contributed by atoms with Gasteiger partial charge in [-0.2, -0.15) is 0 Å². The Labute approximate surface area is 121 Å². The molecular formula is C12H17BrN2O2S. The van der Waals surface area contributed by atoms with Gasteiger partial charge in [-0.3, -0.25) is 4.79 Å². The minimum atomic E-state index is -0.0689. The van der Waals surface area contributed by atoms with Crippen LogP contribution in [0.4, 0.5) is 0 Å². The Bertz CT molecular complexity index is 431. The van der Waals surface area contributed by atoms with Gasteiger partial charge in [0.1, 0.15) is 0 Å². The van der Waals surface area contributed by atoms with E-state index in [1.165, 1.54) is 6.26 Å². The Hall–Kier alpha value is -0.880. The molecule has 1 aromatic heterocycles. The smallest absolute Gasteiger partial charge is 0.258 e. The Morgan fingerprint density at radius 1 is 1.61 bits per heavy atom. The van der Waals surface area contributed by atoms with Crippen LogP contribution in [0.1, 0.15) is 30.6 Å². The molecule has 0 aliphatic heterocycles. The molecule has 0 bridgehead atoms. The summed E-state index contributed by atoms with van der Waals surface area (Å²) < 4.78 is 5.54. The first kappa shape index (κ1) is 15.2. The standard InChI is InChI=1S/C12H17BrN2O2S/c1-8(2)7-15(5-3-10(14)18)12(16)9-4-6-17-11(9)13/h4,6,8H,3,5,7H2,1-2H3,(H2,14,18). The van der Waals surface area contributed by atoms with Crippen molar-refractivity contribution < 1.29 is 9.21 Å². The molecule has 6 heteroatoms. The average Bonchev–Trinajstić information content (AvgIpc) is 2.69. The van der Waals surface area contributed by atoms with Crippen molar-refractivity contribution in [3.8, 4) is 0 Å². The summed E-state index contributed by atoms with van der Waals surface area (Å²) in [6.07, 6.45) is 2.02. The third-order valence-electron chi connectivity index (χ3n) is 2.35. The van der Waals surface area contributed by atoms with Gasteiger partial charge in [-0.1, -0.05) is 26.1 Å². The van der Waals surface area contributed by atoms with Crippen LogP contribution in [0.5, 0.6) is 0 Å². The summed E-state index contributed by atoms with van der Waals surface area (Å²) in [6.45, 7) is 5.32. The largest absolute Gasteiger partial charge is 0.457 e. The predicted octanol–water partition coefficient (Wildman–Crippen LogP) is 2.82. The summed E-state index contributed by atoms with van der Waals surface area (Å²) in [5, 5.41) is 0. The summed E-state index contributed by atoms with van der Waals surface area (Å²) in [5.41, 5.74) is 6.01. The molecule has 1 rings (SSSR count). The SMILES string of the molecule is CC(C)CN(CCC(N)=S)C(=O)c1ccoc1Br. The van der Waals surface area contributed by atoms with Crippen LogP contribution in [0.25, 0.3) is 0 Å². The highest BCUT2D eigenvalue weighted by Crippen LogP contribution is 2.20. The van der Waals surface area contributed by atoms with Crippen molar-refractivity contribution in [3.05, 3.63) is 22.6 Å². The Kier molecular flexibility index (Phi) is 5.81. The normalized spacial score (nSPS) is 10.7. The zero-order valence-electron chi connectivity index (χ0n) is 10.5. The lowest BCUT2D eigenvalue weighted by atomic mass is 10.2. The zero-order valence-corrected chi connectivity index (χ0v) is 12.9. The summed E-state index contributed by atoms with van der Waals surface area (Å²) in [7, 11) is 0. The van der Waals surface area contributed by atoms with Gasteiger partial charge >= 0.3 is 0 Å². The third-order valence-corrected chi connectivity index (χ3v) is 3.17. The van der Waals surface area contributed by atoms with Gasteiger partial charge < -0.3 is 15.1 Å². The summed E-state index contributed by atoms with van der Waals surface area (Å²) in [5.74, 6) is 0.312. The summed E-state index contributed by atoms with van der Waals surface area (Å²) >= 11 is 8.07. The van der Waals surface area contributed by atoms with E-state index < -0.39 is 0 Å². The number of nitrogens with zero attached hydrogens (tertiary/aromatic N) is 1. The van der Waals surface area contributed by atoms with Gasteiger partial charge in [0.15, 0.2) is 4.67 Å². The van der Waals surface area contributed by atoms with E-state index in [4.69, 9.17) is 22.4 Å². The van der Waals surface area contributed by atoms with E-state index in [0.29, 0.717) is 40.6 Å². The lowest BCUT2D eigenvalue weighted by Crippen LogP contribution is -2.36. The van der Waals surface area contributed by atoms with E-state index >= 15 is 0 Å². The lowest BCUT2D eigenvalue weighted by Gasteiger charge is -2.24. The van der Waals surface area contributed by atoms with Crippen LogP contribution in [0.3, 0.4) is 0 Å². The van der Waals surface area contributed by atoms with Gasteiger partial charge in [0, 0.05) is 19.5 Å². The number of nitrogens with two attached hydrogens (primary N) is 1. The molecule has 0 fully saturated rings. The molecule has 4 nitrogen and oxygen atoms in total. The van der Waals surface area contributed by atoms with Crippen molar-refractivity contribution in [1.29, 1.82) is 0 Å². The molecule has 0 unspecified atom stereocenters. The van der Waals surface area contributed by atoms with Gasteiger partial charge in [0.25, 0.3) is 5.91 Å². The molecule has 1 amide bonds. The third kappa shape index (κ3) is 4.42. The number of hydrogen-bond donors (Lipinski definition) is 1. The molecule has 0 aliphatic carbocycles. The highest BCUT2D eigenvalue weighted by atomic mass is 79.9. The van der Waals surface area contributed by atoms with Crippen LogP contribution < -0.4 is 5.73 Å². The molecule has 0 spiro atoms. The van der Waals surface area contributed by atoms with E-state index in [1.807, 2.05) is 0 Å². The molecule has 1 aromatic rings. The van der Waals surface area contributed by atoms with Crippen LogP contribution in [0.2, 0.25) is 0 Å². The predicted molar refractivity (Wildman–Crippen MR) is 78.6 cm³/mol. The van der Waals surface area contributed by atoms with E-state index in [-0.39, 0.29) is 5.91 Å². The van der Waals surface area contributed by atoms with Crippen molar-refractivity contribution >= 4 is 39.0 Å². The summed E-state index contributed by atoms with van der Waals surface area (Å²) in [4.78, 5) is 14.5. The molecule has 100 valence electrons. The number of carbonyl (C=O) groups excluding carboxylic acids is 1. The van der Waals surface area contributed by atoms with Gasteiger partial charge in [0.2, 0.25) is 0 Å². The monoisotopic (exact) mass is 332 g/mol. The second kappa shape index (κ2) is 6.89. The van der Waals surface area contributed by atoms with Gasteiger partial charge in [-0.05, 0) is 27.9 Å². The molecule has 18 heavy (non-hydrogen) atoms. The Morgan fingerprint density at radius 3 is 2.72 bits per heavy atom. The van der Waals surface area contributed by atoms with E-state index in [9.17, 15) is 4.79 Å². The number of thiocarbonyl (C=S) groups is 1. The second-order valence-electron chi connectivity index (χ2n) is 4.47. The van der Waals surface area contributed by atoms with Crippen molar-refractivity contribution in [2.45, 2.75) is 20.3 Å². The topological polar surface area (TPSA) is 59.5 Å². The fraction of sp³-hybridized carbons (Fsp3) is 0.500. The van der Waals surface area contributed by atoms with Gasteiger partial charge in [0.05, 0.1) is 16.8 Å². The number of rotatable bonds is 6. The van der Waals surface area contributed by atoms with Crippen molar-refractivity contribution in [2.75, 3.05) is 13.1 Å². The number of hydrogen-bond acceptors (Lipinski definition) is 3. The Balaban J connectivity index is 2.78. The van der Waals surface area contributed by atoms with Crippen LogP contribution in [0.15, 0.2) is 21.4 Å². The number of furan rings is 1. The van der Waals surface area contributed by atoms with Crippen LogP contribution in [0, 0.1) is 5.92 Å². The molecule has 0 aliphatic rings. The minimum Gasteiger partial charge on any atom is -0.457 e. The molecular weight excluding hydrogens is 316 g/mol.